The van der Waals surface area contributed by atoms with Crippen molar-refractivity contribution in [1.29, 1.82) is 5.26 Å². The van der Waals surface area contributed by atoms with Gasteiger partial charge in [0, 0.05) is 17.9 Å². The summed E-state index contributed by atoms with van der Waals surface area (Å²) in [7, 11) is 0. The molecule has 4 nitrogen and oxygen atoms in total. The van der Waals surface area contributed by atoms with Gasteiger partial charge in [-0.15, -0.1) is 0 Å². The number of rotatable bonds is 5. The fourth-order valence-electron chi connectivity index (χ4n) is 3.55. The third-order valence-corrected chi connectivity index (χ3v) is 5.57. The number of benzene rings is 2. The van der Waals surface area contributed by atoms with E-state index in [1.807, 2.05) is 45.0 Å². The van der Waals surface area contributed by atoms with Crippen LogP contribution in [0.3, 0.4) is 0 Å². The van der Waals surface area contributed by atoms with E-state index in [4.69, 9.17) is 0 Å². The Morgan fingerprint density at radius 3 is 2.64 bits per heavy atom. The molecule has 0 saturated heterocycles. The van der Waals surface area contributed by atoms with Gasteiger partial charge in [-0.2, -0.15) is 5.26 Å². The average molecular weight is 374 g/mol. The minimum Gasteiger partial charge on any atom is -0.383 e. The number of anilines is 1. The molecule has 0 bridgehead atoms. The Labute approximate surface area is 167 Å². The molecule has 0 aromatic heterocycles. The predicted octanol–water partition coefficient (Wildman–Crippen LogP) is 4.88. The summed E-state index contributed by atoms with van der Waals surface area (Å²) in [5, 5.41) is 15.5. The largest absolute Gasteiger partial charge is 0.383 e. The van der Waals surface area contributed by atoms with Gasteiger partial charge in [0.05, 0.1) is 0 Å². The fourth-order valence-corrected chi connectivity index (χ4v) is 3.55. The SMILES string of the molecule is Cc1cccc(NC(=O)/C(C#N)=C\NC(C)c2ccc3c(c2)CCCC3)c1C. The van der Waals surface area contributed by atoms with Gasteiger partial charge in [0.2, 0.25) is 0 Å². The van der Waals surface area contributed by atoms with Crippen molar-refractivity contribution >= 4 is 11.6 Å². The molecule has 3 rings (SSSR count). The van der Waals surface area contributed by atoms with Crippen LogP contribution in [0.25, 0.3) is 0 Å². The molecular formula is C24H27N3O. The van der Waals surface area contributed by atoms with E-state index in [9.17, 15) is 10.1 Å². The summed E-state index contributed by atoms with van der Waals surface area (Å²) in [5.74, 6) is -0.402. The zero-order valence-electron chi connectivity index (χ0n) is 16.8. The van der Waals surface area contributed by atoms with Crippen LogP contribution in [0.5, 0.6) is 0 Å². The van der Waals surface area contributed by atoms with Gasteiger partial charge in [-0.05, 0) is 80.3 Å². The summed E-state index contributed by atoms with van der Waals surface area (Å²) in [6.07, 6.45) is 6.33. The summed E-state index contributed by atoms with van der Waals surface area (Å²) in [5.41, 5.74) is 6.93. The molecule has 2 N–H and O–H groups in total. The molecule has 0 spiro atoms. The molecule has 1 aliphatic carbocycles. The van der Waals surface area contributed by atoms with E-state index in [1.54, 1.807) is 0 Å². The zero-order valence-corrected chi connectivity index (χ0v) is 16.8. The quantitative estimate of drug-likeness (QED) is 0.580. The van der Waals surface area contributed by atoms with Crippen molar-refractivity contribution in [3.05, 3.63) is 76.0 Å². The highest BCUT2D eigenvalue weighted by Gasteiger charge is 2.14. The maximum absolute atomic E-state index is 12.5. The molecule has 0 aliphatic heterocycles. The number of fused-ring (bicyclic) bond motifs is 1. The van der Waals surface area contributed by atoms with E-state index < -0.39 is 5.91 Å². The van der Waals surface area contributed by atoms with Gasteiger partial charge in [-0.1, -0.05) is 30.3 Å². The molecule has 1 aliphatic rings. The van der Waals surface area contributed by atoms with E-state index >= 15 is 0 Å². The highest BCUT2D eigenvalue weighted by Crippen LogP contribution is 2.25. The summed E-state index contributed by atoms with van der Waals surface area (Å²) in [4.78, 5) is 12.5. The van der Waals surface area contributed by atoms with E-state index in [0.717, 1.165) is 29.7 Å². The molecule has 0 saturated carbocycles. The van der Waals surface area contributed by atoms with E-state index in [0.29, 0.717) is 0 Å². The fraction of sp³-hybridized carbons (Fsp3) is 0.333. The predicted molar refractivity (Wildman–Crippen MR) is 113 cm³/mol. The highest BCUT2D eigenvalue weighted by molar-refractivity contribution is 6.06. The Hall–Kier alpha value is -3.06. The Bertz CT molecular complexity index is 953. The van der Waals surface area contributed by atoms with E-state index in [-0.39, 0.29) is 11.6 Å². The second-order valence-electron chi connectivity index (χ2n) is 7.50. The Balaban J connectivity index is 1.69. The monoisotopic (exact) mass is 373 g/mol. The maximum Gasteiger partial charge on any atom is 0.267 e. The Morgan fingerprint density at radius 2 is 1.89 bits per heavy atom. The normalized spacial score (nSPS) is 14.6. The van der Waals surface area contributed by atoms with Gasteiger partial charge >= 0.3 is 0 Å². The summed E-state index contributed by atoms with van der Waals surface area (Å²) >= 11 is 0. The molecule has 4 heteroatoms. The third-order valence-electron chi connectivity index (χ3n) is 5.57. The molecule has 2 aromatic carbocycles. The van der Waals surface area contributed by atoms with Crippen LogP contribution < -0.4 is 10.6 Å². The highest BCUT2D eigenvalue weighted by atomic mass is 16.1. The Morgan fingerprint density at radius 1 is 1.14 bits per heavy atom. The minimum atomic E-state index is -0.402. The van der Waals surface area contributed by atoms with E-state index in [1.165, 1.54) is 35.7 Å². The summed E-state index contributed by atoms with van der Waals surface area (Å²) < 4.78 is 0. The van der Waals surface area contributed by atoms with Crippen LogP contribution in [0.15, 0.2) is 48.2 Å². The molecule has 28 heavy (non-hydrogen) atoms. The van der Waals surface area contributed by atoms with Crippen LogP contribution >= 0.6 is 0 Å². The number of nitriles is 1. The number of aryl methyl sites for hydroxylation is 3. The summed E-state index contributed by atoms with van der Waals surface area (Å²) in [6.45, 7) is 5.99. The van der Waals surface area contributed by atoms with Crippen molar-refractivity contribution in [3.63, 3.8) is 0 Å². The standard InChI is InChI=1S/C24H27N3O/c1-16-7-6-10-23(17(16)2)27-24(28)22(14-25)15-26-18(3)20-12-11-19-8-4-5-9-21(19)13-20/h6-7,10-13,15,18,26H,4-5,8-9H2,1-3H3,(H,27,28)/b22-15-. The Kier molecular flexibility index (Phi) is 6.16. The maximum atomic E-state index is 12.5. The average Bonchev–Trinajstić information content (AvgIpc) is 2.71. The number of amides is 1. The van der Waals surface area contributed by atoms with Crippen molar-refractivity contribution in [1.82, 2.24) is 5.32 Å². The molecule has 1 amide bonds. The third kappa shape index (κ3) is 4.43. The lowest BCUT2D eigenvalue weighted by molar-refractivity contribution is -0.112. The van der Waals surface area contributed by atoms with Crippen molar-refractivity contribution in [2.75, 3.05) is 5.32 Å². The first-order valence-electron chi connectivity index (χ1n) is 9.85. The second kappa shape index (κ2) is 8.75. The number of nitrogens with one attached hydrogen (secondary N) is 2. The van der Waals surface area contributed by atoms with Gasteiger partial charge in [0.25, 0.3) is 5.91 Å². The zero-order chi connectivity index (χ0) is 20.1. The van der Waals surface area contributed by atoms with Crippen molar-refractivity contribution in [2.45, 2.75) is 52.5 Å². The molecule has 2 aromatic rings. The van der Waals surface area contributed by atoms with Crippen molar-refractivity contribution in [3.8, 4) is 6.07 Å². The van der Waals surface area contributed by atoms with Crippen molar-refractivity contribution < 1.29 is 4.79 Å². The number of carbonyl (C=O) groups excluding carboxylic acids is 1. The van der Waals surface area contributed by atoms with E-state index in [2.05, 4.69) is 28.8 Å². The molecule has 0 heterocycles. The van der Waals surface area contributed by atoms with Gasteiger partial charge in [-0.3, -0.25) is 4.79 Å². The van der Waals surface area contributed by atoms with Gasteiger partial charge < -0.3 is 10.6 Å². The molecule has 144 valence electrons. The lowest BCUT2D eigenvalue weighted by Crippen LogP contribution is -2.19. The van der Waals surface area contributed by atoms with Gasteiger partial charge in [0.1, 0.15) is 11.6 Å². The summed E-state index contributed by atoms with van der Waals surface area (Å²) in [6, 6.07) is 14.4. The van der Waals surface area contributed by atoms with Crippen molar-refractivity contribution in [2.24, 2.45) is 0 Å². The van der Waals surface area contributed by atoms with Gasteiger partial charge in [-0.25, -0.2) is 0 Å². The van der Waals surface area contributed by atoms with Crippen LogP contribution in [0.2, 0.25) is 0 Å². The van der Waals surface area contributed by atoms with Gasteiger partial charge in [0.15, 0.2) is 0 Å². The molecular weight excluding hydrogens is 346 g/mol. The molecule has 1 atom stereocenters. The van der Waals surface area contributed by atoms with Crippen LogP contribution in [0.4, 0.5) is 5.69 Å². The van der Waals surface area contributed by atoms with Crippen LogP contribution in [0, 0.1) is 25.2 Å². The topological polar surface area (TPSA) is 64.9 Å². The molecule has 0 radical (unpaired) electrons. The van der Waals surface area contributed by atoms with Crippen LogP contribution in [-0.4, -0.2) is 5.91 Å². The lowest BCUT2D eigenvalue weighted by atomic mass is 9.89. The lowest BCUT2D eigenvalue weighted by Gasteiger charge is -2.19. The first-order valence-corrected chi connectivity index (χ1v) is 9.85. The number of hydrogen-bond donors (Lipinski definition) is 2. The number of nitrogens with zero attached hydrogens (tertiary/aromatic N) is 1. The molecule has 1 unspecified atom stereocenters. The first kappa shape index (κ1) is 19.7. The number of hydrogen-bond acceptors (Lipinski definition) is 3. The first-order chi connectivity index (χ1) is 13.5. The van der Waals surface area contributed by atoms with Crippen LogP contribution in [0.1, 0.15) is 53.6 Å². The minimum absolute atomic E-state index is 0.0177. The number of carbonyl (C=O) groups is 1. The molecule has 0 fully saturated rings. The van der Waals surface area contributed by atoms with Crippen LogP contribution in [-0.2, 0) is 17.6 Å². The second-order valence-corrected chi connectivity index (χ2v) is 7.50. The smallest absolute Gasteiger partial charge is 0.267 e.